The van der Waals surface area contributed by atoms with Crippen LogP contribution in [0.25, 0.3) is 0 Å². The van der Waals surface area contributed by atoms with E-state index in [0.29, 0.717) is 6.42 Å². The molecule has 0 bridgehead atoms. The molecule has 1 rings (SSSR count). The molecule has 1 aliphatic rings. The highest BCUT2D eigenvalue weighted by Gasteiger charge is 2.29. The lowest BCUT2D eigenvalue weighted by Crippen LogP contribution is -2.39. The Balaban J connectivity index is 2.44. The Morgan fingerprint density at radius 1 is 1.50 bits per heavy atom. The van der Waals surface area contributed by atoms with Crippen molar-refractivity contribution in [2.75, 3.05) is 0 Å². The minimum Gasteiger partial charge on any atom is -0.221 e. The Bertz CT molecular complexity index is 215. The Kier molecular flexibility index (Phi) is 2.57. The van der Waals surface area contributed by atoms with Crippen molar-refractivity contribution < 1.29 is 13.2 Å². The molecule has 12 heavy (non-hydrogen) atoms. The zero-order valence-electron chi connectivity index (χ0n) is 6.65. The van der Waals surface area contributed by atoms with Crippen molar-refractivity contribution in [3.8, 4) is 0 Å². The molecule has 0 amide bonds. The van der Waals surface area contributed by atoms with Gasteiger partial charge in [0.2, 0.25) is 0 Å². The van der Waals surface area contributed by atoms with E-state index in [1.807, 2.05) is 6.92 Å². The first-order valence-electron chi connectivity index (χ1n) is 3.67. The molecule has 1 N–H and O–H groups in total. The fourth-order valence-corrected chi connectivity index (χ4v) is 1.04. The number of hydrogen-bond donors (Lipinski definition) is 1. The van der Waals surface area contributed by atoms with Crippen molar-refractivity contribution in [3.63, 3.8) is 0 Å². The van der Waals surface area contributed by atoms with Gasteiger partial charge < -0.3 is 0 Å². The van der Waals surface area contributed by atoms with E-state index in [2.05, 4.69) is 0 Å². The van der Waals surface area contributed by atoms with Crippen LogP contribution in [0.15, 0.2) is 23.8 Å². The van der Waals surface area contributed by atoms with Crippen LogP contribution in [0.4, 0.5) is 13.2 Å². The number of halogens is 3. The lowest BCUT2D eigenvalue weighted by Gasteiger charge is -2.18. The van der Waals surface area contributed by atoms with Crippen LogP contribution < -0.4 is 5.32 Å². The second-order valence-corrected chi connectivity index (χ2v) is 2.79. The molecule has 1 unspecified atom stereocenters. The van der Waals surface area contributed by atoms with Crippen LogP contribution in [0.1, 0.15) is 13.3 Å². The van der Waals surface area contributed by atoms with Crippen LogP contribution in [0.5, 0.6) is 0 Å². The fourth-order valence-electron chi connectivity index (χ4n) is 1.04. The fraction of sp³-hybridized carbons (Fsp3) is 0.500. The van der Waals surface area contributed by atoms with Crippen LogP contribution in [0.3, 0.4) is 0 Å². The third kappa shape index (κ3) is 3.09. The third-order valence-electron chi connectivity index (χ3n) is 1.63. The monoisotopic (exact) mass is 177 g/mol. The number of alkyl halides is 3. The second kappa shape index (κ2) is 3.31. The Hall–Kier alpha value is -0.770. The van der Waals surface area contributed by atoms with E-state index >= 15 is 0 Å². The quantitative estimate of drug-likeness (QED) is 0.606. The summed E-state index contributed by atoms with van der Waals surface area (Å²) in [7, 11) is 0. The molecule has 0 fully saturated rings. The summed E-state index contributed by atoms with van der Waals surface area (Å²) in [5.74, 6) is 0. The normalized spacial score (nSPS) is 24.0. The van der Waals surface area contributed by atoms with Crippen LogP contribution in [-0.2, 0) is 0 Å². The molecular formula is C8H10F3N. The summed E-state index contributed by atoms with van der Waals surface area (Å²) in [6, 6.07) is -0.603. The first-order chi connectivity index (χ1) is 5.47. The highest BCUT2D eigenvalue weighted by atomic mass is 19.4. The zero-order valence-corrected chi connectivity index (χ0v) is 6.65. The van der Waals surface area contributed by atoms with E-state index in [0.717, 1.165) is 5.57 Å². The summed E-state index contributed by atoms with van der Waals surface area (Å²) in [4.78, 5) is 0. The minimum atomic E-state index is -4.28. The lowest BCUT2D eigenvalue weighted by molar-refractivity contribution is -0.161. The van der Waals surface area contributed by atoms with Crippen LogP contribution >= 0.6 is 0 Å². The predicted molar refractivity (Wildman–Crippen MR) is 40.5 cm³/mol. The highest BCUT2D eigenvalue weighted by Crippen LogP contribution is 2.16. The maximum absolute atomic E-state index is 11.8. The van der Waals surface area contributed by atoms with Gasteiger partial charge >= 0.3 is 6.30 Å². The number of allylic oxidation sites excluding steroid dienone is 2. The zero-order chi connectivity index (χ0) is 9.19. The molecule has 68 valence electrons. The molecule has 0 aliphatic heterocycles. The average molecular weight is 177 g/mol. The van der Waals surface area contributed by atoms with Crippen molar-refractivity contribution in [2.45, 2.75) is 25.7 Å². The Morgan fingerprint density at radius 2 is 2.17 bits per heavy atom. The molecule has 1 nitrogen and oxygen atoms in total. The van der Waals surface area contributed by atoms with Gasteiger partial charge in [-0.15, -0.1) is 0 Å². The molecule has 0 radical (unpaired) electrons. The molecule has 0 aromatic carbocycles. The number of rotatable bonds is 1. The van der Waals surface area contributed by atoms with Gasteiger partial charge in [0.25, 0.3) is 0 Å². The van der Waals surface area contributed by atoms with Gasteiger partial charge in [0.05, 0.1) is 0 Å². The smallest absolute Gasteiger partial charge is 0.221 e. The topological polar surface area (TPSA) is 12.0 Å². The molecule has 1 atom stereocenters. The largest absolute Gasteiger partial charge is 0.457 e. The van der Waals surface area contributed by atoms with E-state index in [1.54, 1.807) is 17.5 Å². The molecular weight excluding hydrogens is 167 g/mol. The van der Waals surface area contributed by atoms with Gasteiger partial charge in [-0.2, -0.15) is 13.2 Å². The van der Waals surface area contributed by atoms with Gasteiger partial charge in [0.1, 0.15) is 0 Å². The Morgan fingerprint density at radius 3 is 2.58 bits per heavy atom. The summed E-state index contributed by atoms with van der Waals surface area (Å²) in [6.07, 6.45) is 1.12. The maximum atomic E-state index is 11.8. The third-order valence-corrected chi connectivity index (χ3v) is 1.63. The Labute approximate surface area is 69.0 Å². The number of nitrogens with one attached hydrogen (secondary N) is 1. The van der Waals surface area contributed by atoms with Gasteiger partial charge in [0.15, 0.2) is 0 Å². The summed E-state index contributed by atoms with van der Waals surface area (Å²) in [5.41, 5.74) is 1.01. The van der Waals surface area contributed by atoms with Crippen molar-refractivity contribution >= 4 is 0 Å². The predicted octanol–water partition coefficient (Wildman–Crippen LogP) is 2.37. The van der Waals surface area contributed by atoms with E-state index in [4.69, 9.17) is 0 Å². The average Bonchev–Trinajstić information content (AvgIpc) is 1.91. The molecule has 0 heterocycles. The molecule has 4 heteroatoms. The van der Waals surface area contributed by atoms with Crippen molar-refractivity contribution in [3.05, 3.63) is 23.8 Å². The van der Waals surface area contributed by atoms with Gasteiger partial charge in [-0.05, 0) is 13.3 Å². The first-order valence-corrected chi connectivity index (χ1v) is 3.67. The van der Waals surface area contributed by atoms with Crippen molar-refractivity contribution in [1.29, 1.82) is 0 Å². The van der Waals surface area contributed by atoms with Crippen molar-refractivity contribution in [1.82, 2.24) is 5.32 Å². The molecule has 0 aromatic heterocycles. The standard InChI is InChI=1S/C8H10F3N/c1-6-2-4-7(5-3-6)12-8(9,10)11/h2-4,7,12H,5H2,1H3. The molecule has 1 aliphatic carbocycles. The lowest BCUT2D eigenvalue weighted by atomic mass is 10.0. The molecule has 0 aromatic rings. The second-order valence-electron chi connectivity index (χ2n) is 2.79. The van der Waals surface area contributed by atoms with Gasteiger partial charge in [-0.3, -0.25) is 0 Å². The SMILES string of the molecule is CC1=CCC(NC(F)(F)F)C=C1. The number of hydrogen-bond acceptors (Lipinski definition) is 1. The van der Waals surface area contributed by atoms with Crippen molar-refractivity contribution in [2.24, 2.45) is 0 Å². The molecule has 0 saturated heterocycles. The maximum Gasteiger partial charge on any atom is 0.457 e. The van der Waals surface area contributed by atoms with E-state index in [-0.39, 0.29) is 0 Å². The van der Waals surface area contributed by atoms with E-state index < -0.39 is 12.3 Å². The van der Waals surface area contributed by atoms with Crippen LogP contribution in [0, 0.1) is 0 Å². The van der Waals surface area contributed by atoms with Gasteiger partial charge in [-0.1, -0.05) is 23.8 Å². The van der Waals surface area contributed by atoms with E-state index in [1.165, 1.54) is 6.08 Å². The molecule has 0 saturated carbocycles. The molecule has 0 spiro atoms. The summed E-state index contributed by atoms with van der Waals surface area (Å²) in [6.45, 7) is 1.86. The van der Waals surface area contributed by atoms with Gasteiger partial charge in [0, 0.05) is 6.04 Å². The highest BCUT2D eigenvalue weighted by molar-refractivity contribution is 5.23. The summed E-state index contributed by atoms with van der Waals surface area (Å²) < 4.78 is 35.3. The summed E-state index contributed by atoms with van der Waals surface area (Å²) >= 11 is 0. The van der Waals surface area contributed by atoms with E-state index in [9.17, 15) is 13.2 Å². The van der Waals surface area contributed by atoms with Crippen LogP contribution in [0.2, 0.25) is 0 Å². The summed E-state index contributed by atoms with van der Waals surface area (Å²) in [5, 5.41) is 1.55. The van der Waals surface area contributed by atoms with Gasteiger partial charge in [-0.25, -0.2) is 5.32 Å². The minimum absolute atomic E-state index is 0.405. The van der Waals surface area contributed by atoms with Crippen LogP contribution in [-0.4, -0.2) is 12.3 Å². The first kappa shape index (κ1) is 9.32.